The molecule has 2 N–H and O–H groups in total. The third-order valence-electron chi connectivity index (χ3n) is 2.92. The van der Waals surface area contributed by atoms with Gasteiger partial charge in [-0.2, -0.15) is 0 Å². The molecule has 1 unspecified atom stereocenters. The molecular formula is C13H22N2O2S. The second-order valence-electron chi connectivity index (χ2n) is 4.86. The second kappa shape index (κ2) is 5.82. The summed E-state index contributed by atoms with van der Waals surface area (Å²) in [5, 5.41) is 0. The summed E-state index contributed by atoms with van der Waals surface area (Å²) < 4.78 is 26.1. The topological polar surface area (TPSA) is 63.4 Å². The maximum Gasteiger partial charge on any atom is 0.243 e. The van der Waals surface area contributed by atoms with Crippen molar-refractivity contribution in [1.29, 1.82) is 0 Å². The van der Waals surface area contributed by atoms with Crippen LogP contribution in [-0.2, 0) is 10.0 Å². The SMILES string of the molecule is Cc1ccc(S(=O)(=O)N(C)CCC(C)N)c(C)c1. The Morgan fingerprint density at radius 1 is 1.33 bits per heavy atom. The van der Waals surface area contributed by atoms with E-state index >= 15 is 0 Å². The molecule has 0 aromatic heterocycles. The van der Waals surface area contributed by atoms with Crippen molar-refractivity contribution in [3.05, 3.63) is 29.3 Å². The Balaban J connectivity index is 2.98. The molecule has 1 aromatic rings. The largest absolute Gasteiger partial charge is 0.328 e. The molecule has 0 heterocycles. The standard InChI is InChI=1S/C13H22N2O2S/c1-10-5-6-13(11(2)9-10)18(16,17)15(4)8-7-12(3)14/h5-6,9,12H,7-8,14H2,1-4H3. The van der Waals surface area contributed by atoms with Crippen molar-refractivity contribution < 1.29 is 8.42 Å². The van der Waals surface area contributed by atoms with Gasteiger partial charge in [-0.15, -0.1) is 0 Å². The van der Waals surface area contributed by atoms with Gasteiger partial charge in [-0.1, -0.05) is 17.7 Å². The highest BCUT2D eigenvalue weighted by Gasteiger charge is 2.22. The lowest BCUT2D eigenvalue weighted by Gasteiger charge is -2.19. The van der Waals surface area contributed by atoms with Gasteiger partial charge in [0.05, 0.1) is 4.90 Å². The number of rotatable bonds is 5. The van der Waals surface area contributed by atoms with Crippen LogP contribution in [0.1, 0.15) is 24.5 Å². The van der Waals surface area contributed by atoms with E-state index < -0.39 is 10.0 Å². The highest BCUT2D eigenvalue weighted by atomic mass is 32.2. The molecule has 1 atom stereocenters. The second-order valence-corrected chi connectivity index (χ2v) is 6.87. The van der Waals surface area contributed by atoms with Crippen LogP contribution in [0.2, 0.25) is 0 Å². The number of benzene rings is 1. The van der Waals surface area contributed by atoms with Crippen LogP contribution in [0.5, 0.6) is 0 Å². The van der Waals surface area contributed by atoms with E-state index in [1.54, 1.807) is 13.1 Å². The molecule has 18 heavy (non-hydrogen) atoms. The number of hydrogen-bond donors (Lipinski definition) is 1. The maximum absolute atomic E-state index is 12.4. The lowest BCUT2D eigenvalue weighted by atomic mass is 10.2. The van der Waals surface area contributed by atoms with E-state index in [9.17, 15) is 8.42 Å². The molecule has 1 aromatic carbocycles. The Morgan fingerprint density at radius 3 is 2.44 bits per heavy atom. The van der Waals surface area contributed by atoms with Gasteiger partial charge in [0.2, 0.25) is 10.0 Å². The van der Waals surface area contributed by atoms with E-state index in [0.717, 1.165) is 11.1 Å². The van der Waals surface area contributed by atoms with E-state index in [1.165, 1.54) is 4.31 Å². The molecule has 0 radical (unpaired) electrons. The molecule has 0 fully saturated rings. The van der Waals surface area contributed by atoms with Crippen molar-refractivity contribution in [2.45, 2.75) is 38.1 Å². The van der Waals surface area contributed by atoms with E-state index in [-0.39, 0.29) is 6.04 Å². The van der Waals surface area contributed by atoms with Crippen LogP contribution >= 0.6 is 0 Å². The van der Waals surface area contributed by atoms with Crippen LogP contribution in [0.3, 0.4) is 0 Å². The van der Waals surface area contributed by atoms with Crippen molar-refractivity contribution in [2.24, 2.45) is 5.73 Å². The zero-order chi connectivity index (χ0) is 13.9. The molecule has 1 rings (SSSR count). The summed E-state index contributed by atoms with van der Waals surface area (Å²) in [5.41, 5.74) is 7.49. The molecule has 0 saturated carbocycles. The van der Waals surface area contributed by atoms with Gasteiger partial charge in [-0.3, -0.25) is 0 Å². The number of nitrogens with two attached hydrogens (primary N) is 1. The van der Waals surface area contributed by atoms with Crippen LogP contribution in [0.15, 0.2) is 23.1 Å². The molecule has 0 aliphatic carbocycles. The molecule has 0 spiro atoms. The van der Waals surface area contributed by atoms with Crippen LogP contribution < -0.4 is 5.73 Å². The molecule has 0 aliphatic rings. The Bertz CT molecular complexity index is 510. The summed E-state index contributed by atoms with van der Waals surface area (Å²) in [7, 11) is -1.81. The van der Waals surface area contributed by atoms with Gasteiger partial charge in [-0.05, 0) is 38.8 Å². The number of hydrogen-bond acceptors (Lipinski definition) is 3. The average molecular weight is 270 g/mol. The lowest BCUT2D eigenvalue weighted by Crippen LogP contribution is -2.31. The van der Waals surface area contributed by atoms with Crippen LogP contribution in [0.25, 0.3) is 0 Å². The quantitative estimate of drug-likeness (QED) is 0.885. The highest BCUT2D eigenvalue weighted by Crippen LogP contribution is 2.20. The van der Waals surface area contributed by atoms with Gasteiger partial charge >= 0.3 is 0 Å². The van der Waals surface area contributed by atoms with Crippen LogP contribution in [0.4, 0.5) is 0 Å². The van der Waals surface area contributed by atoms with E-state index in [2.05, 4.69) is 0 Å². The molecule has 5 heteroatoms. The molecule has 0 bridgehead atoms. The van der Waals surface area contributed by atoms with E-state index in [1.807, 2.05) is 32.9 Å². The first-order valence-electron chi connectivity index (χ1n) is 6.04. The summed E-state index contributed by atoms with van der Waals surface area (Å²) in [4.78, 5) is 0.375. The van der Waals surface area contributed by atoms with Crippen molar-refractivity contribution in [2.75, 3.05) is 13.6 Å². The fourth-order valence-corrected chi connectivity index (χ4v) is 3.15. The lowest BCUT2D eigenvalue weighted by molar-refractivity contribution is 0.446. The monoisotopic (exact) mass is 270 g/mol. The average Bonchev–Trinajstić information content (AvgIpc) is 2.24. The molecule has 102 valence electrons. The zero-order valence-electron chi connectivity index (χ0n) is 11.5. The minimum atomic E-state index is -3.40. The maximum atomic E-state index is 12.4. The smallest absolute Gasteiger partial charge is 0.243 e. The van der Waals surface area contributed by atoms with Crippen molar-refractivity contribution in [3.63, 3.8) is 0 Å². The van der Waals surface area contributed by atoms with Crippen molar-refractivity contribution in [3.8, 4) is 0 Å². The normalized spacial score (nSPS) is 13.9. The van der Waals surface area contributed by atoms with Gasteiger partial charge in [0.25, 0.3) is 0 Å². The molecule has 0 saturated heterocycles. The summed E-state index contributed by atoms with van der Waals surface area (Å²) >= 11 is 0. The molecule has 0 aliphatic heterocycles. The van der Waals surface area contributed by atoms with Crippen LogP contribution in [-0.4, -0.2) is 32.4 Å². The first-order chi connectivity index (χ1) is 8.25. The van der Waals surface area contributed by atoms with Gasteiger partial charge in [0, 0.05) is 19.6 Å². The van der Waals surface area contributed by atoms with Crippen molar-refractivity contribution in [1.82, 2.24) is 4.31 Å². The molecule has 4 nitrogen and oxygen atoms in total. The minimum absolute atomic E-state index is 0.00163. The summed E-state index contributed by atoms with van der Waals surface area (Å²) in [6.07, 6.45) is 0.653. The van der Waals surface area contributed by atoms with E-state index in [4.69, 9.17) is 5.73 Å². The van der Waals surface area contributed by atoms with Gasteiger partial charge in [0.1, 0.15) is 0 Å². The number of sulfonamides is 1. The third-order valence-corrected chi connectivity index (χ3v) is 4.94. The fourth-order valence-electron chi connectivity index (χ4n) is 1.76. The van der Waals surface area contributed by atoms with Gasteiger partial charge in [0.15, 0.2) is 0 Å². The Kier molecular flexibility index (Phi) is 4.90. The zero-order valence-corrected chi connectivity index (χ0v) is 12.3. The molecular weight excluding hydrogens is 248 g/mol. The first kappa shape index (κ1) is 15.1. The highest BCUT2D eigenvalue weighted by molar-refractivity contribution is 7.89. The van der Waals surface area contributed by atoms with Gasteiger partial charge in [-0.25, -0.2) is 12.7 Å². The van der Waals surface area contributed by atoms with Crippen molar-refractivity contribution >= 4 is 10.0 Å². The minimum Gasteiger partial charge on any atom is -0.328 e. The predicted octanol–water partition coefficient (Wildman–Crippen LogP) is 1.66. The Labute approximate surface area is 110 Å². The summed E-state index contributed by atoms with van der Waals surface area (Å²) in [6.45, 7) is 6.08. The molecule has 0 amide bonds. The fraction of sp³-hybridized carbons (Fsp3) is 0.538. The van der Waals surface area contributed by atoms with Crippen LogP contribution in [0, 0.1) is 13.8 Å². The summed E-state index contributed by atoms with van der Waals surface area (Å²) in [5.74, 6) is 0. The van der Waals surface area contributed by atoms with Gasteiger partial charge < -0.3 is 5.73 Å². The predicted molar refractivity (Wildman–Crippen MR) is 74.0 cm³/mol. The Morgan fingerprint density at radius 2 is 1.94 bits per heavy atom. The number of nitrogens with zero attached hydrogens (tertiary/aromatic N) is 1. The Hall–Kier alpha value is -0.910. The first-order valence-corrected chi connectivity index (χ1v) is 7.48. The number of aryl methyl sites for hydroxylation is 2. The summed E-state index contributed by atoms with van der Waals surface area (Å²) in [6, 6.07) is 5.37. The third kappa shape index (κ3) is 3.54. The van der Waals surface area contributed by atoms with E-state index in [0.29, 0.717) is 17.9 Å².